The van der Waals surface area contributed by atoms with E-state index in [1.807, 2.05) is 78.9 Å². The Morgan fingerprint density at radius 1 is 0.524 bits per heavy atom. The molecule has 12 rings (SSSR count). The molecule has 0 aliphatic heterocycles. The van der Waals surface area contributed by atoms with Crippen LogP contribution in [0.1, 0.15) is 20.7 Å². The quantitative estimate of drug-likeness (QED) is 0.0122. The predicted molar refractivity (Wildman–Crippen MR) is 390 cm³/mol. The van der Waals surface area contributed by atoms with E-state index < -0.39 is 98.7 Å². The Bertz CT molecular complexity index is 5330. The normalized spacial score (nSPS) is 10.8. The van der Waals surface area contributed by atoms with Gasteiger partial charge in [-0.2, -0.15) is 0 Å². The molecule has 9 aromatic carbocycles. The van der Waals surface area contributed by atoms with Crippen molar-refractivity contribution in [1.82, 2.24) is 0 Å². The van der Waals surface area contributed by atoms with Gasteiger partial charge in [-0.05, 0) is 127 Å². The first-order valence-electron chi connectivity index (χ1n) is 28.3. The van der Waals surface area contributed by atoms with Crippen LogP contribution < -0.4 is 39.9 Å². The minimum absolute atomic E-state index is 0.0417. The molecule has 3 aromatic heterocycles. The molecule has 538 valence electrons. The number of ether oxygens (including phenoxy) is 4. The van der Waals surface area contributed by atoms with Gasteiger partial charge in [-0.3, -0.25) is 14.8 Å². The van der Waals surface area contributed by atoms with Crippen LogP contribution in [0.4, 0.5) is 49.1 Å². The number of aromatic hydroxyl groups is 2. The largest absolute Gasteiger partial charge is 0.504 e. The molecule has 0 spiro atoms. The second-order valence-electron chi connectivity index (χ2n) is 20.4. The van der Waals surface area contributed by atoms with Gasteiger partial charge in [0.1, 0.15) is 50.3 Å². The number of phenolic OH excluding ortho intramolecular Hbond substituents is 2. The molecule has 0 radical (unpaired) electrons. The van der Waals surface area contributed by atoms with E-state index in [2.05, 4.69) is 41.3 Å². The molecular weight excluding hydrogens is 1620 g/mol. The highest BCUT2D eigenvalue weighted by Gasteiger charge is 2.28. The fraction of sp³-hybridized carbons (Fsp3) is 0.0606. The second kappa shape index (κ2) is 34.9. The Balaban J connectivity index is 0.000000183. The number of hydrogen-bond acceptors (Lipinski definition) is 21. The number of carboxylic acid groups (broad SMARTS) is 2. The minimum atomic E-state index is -4.69. The van der Waals surface area contributed by atoms with Gasteiger partial charge in [0.25, 0.3) is 19.1 Å². The summed E-state index contributed by atoms with van der Waals surface area (Å²) >= 11 is 10.1. The smallest absolute Gasteiger partial charge is 0.499 e. The third-order valence-corrected chi connectivity index (χ3v) is 21.1. The molecule has 0 fully saturated rings. The monoisotopic (exact) mass is 1660 g/mol. The number of nitro groups is 1. The number of methoxy groups -OCH3 is 4. The van der Waals surface area contributed by atoms with Crippen molar-refractivity contribution >= 4 is 172 Å². The highest BCUT2D eigenvalue weighted by Crippen LogP contribution is 2.42. The molecule has 0 aliphatic carbocycles. The van der Waals surface area contributed by atoms with Gasteiger partial charge >= 0.3 is 24.7 Å². The zero-order valence-corrected chi connectivity index (χ0v) is 60.8. The number of benzene rings is 9. The summed E-state index contributed by atoms with van der Waals surface area (Å²) in [7, 11) is -0.199. The summed E-state index contributed by atoms with van der Waals surface area (Å²) in [4.78, 5) is 30.9. The number of hydrogen-bond donors (Lipinski definition) is 9. The lowest BCUT2D eigenvalue weighted by molar-refractivity contribution is -0.385. The molecule has 11 N–H and O–H groups in total. The second-order valence-corrected chi connectivity index (χ2v) is 29.6. The summed E-state index contributed by atoms with van der Waals surface area (Å²) < 4.78 is 155. The Labute approximate surface area is 613 Å². The third kappa shape index (κ3) is 20.3. The highest BCUT2D eigenvalue weighted by molar-refractivity contribution is 9.10. The van der Waals surface area contributed by atoms with Crippen LogP contribution in [0.3, 0.4) is 0 Å². The Hall–Kier alpha value is -9.89. The first kappa shape index (κ1) is 80.4. The van der Waals surface area contributed by atoms with Crippen molar-refractivity contribution in [3.05, 3.63) is 229 Å². The zero-order chi connectivity index (χ0) is 76.1. The molecule has 12 aromatic rings. The van der Waals surface area contributed by atoms with Gasteiger partial charge in [-0.1, -0.05) is 54.6 Å². The SMILES string of the molecule is COc1cc(F)c(-c2cc3ccccc3s2)cc1N.COc1cc(F)c(-c2cc3ccccc3s2)cc1NS(=O)(=O)c1cc(C(=O)O)cc(F)c1O.COc1cc(F)c(Br)cc1N.COc1cc(F)c(Br)cc1[N+](=O)[O-].O=C(O)c1cc(F)c(O)c(S(=O)(=O)Cl)c1.OB(O)c1cc2ccccc2s1. The molecule has 3 heterocycles. The number of halogens is 9. The fourth-order valence-corrected chi connectivity index (χ4v) is 14.8. The van der Waals surface area contributed by atoms with Crippen molar-refractivity contribution in [2.24, 2.45) is 0 Å². The van der Waals surface area contributed by atoms with Crippen LogP contribution in [0.2, 0.25) is 0 Å². The van der Waals surface area contributed by atoms with Crippen LogP contribution in [0, 0.1) is 45.0 Å². The van der Waals surface area contributed by atoms with Gasteiger partial charge in [-0.15, -0.1) is 34.0 Å². The standard InChI is InChI=1S/C22H15F2NO6S2.C15H12FNOS.C8H7BO2S.C7H5BrFNO3.C7H7BrFNO.C7H4ClFO5S/c1-31-17-10-14(23)13(19-7-11-4-2-3-5-18(11)32-19)9-16(17)25-33(29,30)20-8-12(22(27)28)6-15(24)21(20)26;1-18-13-8-11(16)10(7-12(13)17)15-6-9-4-2-3-5-14(9)19-15;10-9(11)8-5-6-3-1-2-4-7(6)12-8;1-13-7-3-5(9)4(8)2-6(7)10(11)12;1-11-7-3-5(9)4(8)2-6(7)10;8-15(13,14)5-2-3(7(11)12)1-4(9)6(5)10/h2-10,25-26H,1H3,(H,27,28);2-8H,17H2,1H3;1-5,10-11H;2-3H,1H3;2-3H,10H2,1H3;1-2,10H,(H,11,12). The van der Waals surface area contributed by atoms with Gasteiger partial charge < -0.3 is 60.9 Å². The number of anilines is 3. The van der Waals surface area contributed by atoms with Gasteiger partial charge in [0.2, 0.25) is 0 Å². The van der Waals surface area contributed by atoms with Gasteiger partial charge in [0.05, 0.1) is 70.5 Å². The number of thiophene rings is 3. The zero-order valence-electron chi connectivity index (χ0n) is 52.8. The lowest BCUT2D eigenvalue weighted by atomic mass is 9.89. The van der Waals surface area contributed by atoms with Crippen LogP contribution in [0.5, 0.6) is 34.5 Å². The van der Waals surface area contributed by atoms with Crippen molar-refractivity contribution in [1.29, 1.82) is 0 Å². The van der Waals surface area contributed by atoms with Crippen LogP contribution in [-0.2, 0) is 19.1 Å². The van der Waals surface area contributed by atoms with Crippen LogP contribution in [0.25, 0.3) is 51.1 Å². The molecule has 0 saturated heterocycles. The summed E-state index contributed by atoms with van der Waals surface area (Å²) in [6, 6.07) is 40.7. The van der Waals surface area contributed by atoms with Gasteiger partial charge in [0, 0.05) is 80.8 Å². The first-order chi connectivity index (χ1) is 48.5. The number of nitrogens with two attached hydrogens (primary N) is 2. The maximum Gasteiger partial charge on any atom is 0.499 e. The molecule has 0 unspecified atom stereocenters. The average molecular weight is 1670 g/mol. The molecule has 0 amide bonds. The number of nitrogens with one attached hydrogen (secondary N) is 1. The number of phenols is 2. The van der Waals surface area contributed by atoms with E-state index in [-0.39, 0.29) is 44.5 Å². The summed E-state index contributed by atoms with van der Waals surface area (Å²) in [5.41, 5.74) is 11.0. The van der Waals surface area contributed by atoms with E-state index in [1.54, 1.807) is 29.5 Å². The summed E-state index contributed by atoms with van der Waals surface area (Å²) in [5.74, 6) is -9.87. The Morgan fingerprint density at radius 2 is 0.913 bits per heavy atom. The number of sulfonamides is 1. The van der Waals surface area contributed by atoms with E-state index >= 15 is 0 Å². The summed E-state index contributed by atoms with van der Waals surface area (Å²) in [6.45, 7) is 0. The maximum atomic E-state index is 14.8. The number of nitro benzene ring substituents is 1. The lowest BCUT2D eigenvalue weighted by Crippen LogP contribution is -2.26. The first-order valence-corrected chi connectivity index (χ1v) is 36.1. The van der Waals surface area contributed by atoms with Gasteiger partial charge in [0.15, 0.2) is 28.9 Å². The number of carbonyl (C=O) groups is 2. The molecular formula is C66H50BBr2ClF6N4O18S5. The molecule has 37 heteroatoms. The van der Waals surface area contributed by atoms with Crippen LogP contribution in [-0.4, -0.2) is 99.7 Å². The third-order valence-electron chi connectivity index (χ3n) is 13.7. The van der Waals surface area contributed by atoms with Gasteiger partial charge in [-0.25, -0.2) is 52.8 Å². The van der Waals surface area contributed by atoms with Crippen molar-refractivity contribution < 1.29 is 107 Å². The molecule has 0 bridgehead atoms. The topological polar surface area (TPSA) is 368 Å². The van der Waals surface area contributed by atoms with E-state index in [0.29, 0.717) is 66.8 Å². The lowest BCUT2D eigenvalue weighted by Gasteiger charge is -2.15. The molecule has 103 heavy (non-hydrogen) atoms. The van der Waals surface area contributed by atoms with E-state index in [0.717, 1.165) is 53.3 Å². The number of aromatic carboxylic acids is 2. The molecule has 22 nitrogen and oxygen atoms in total. The molecule has 0 saturated carbocycles. The van der Waals surface area contributed by atoms with Crippen molar-refractivity contribution in [3.63, 3.8) is 0 Å². The summed E-state index contributed by atoms with van der Waals surface area (Å²) in [6.07, 6.45) is 0. The highest BCUT2D eigenvalue weighted by atomic mass is 79.9. The van der Waals surface area contributed by atoms with E-state index in [9.17, 15) is 68.0 Å². The number of nitrogens with zero attached hydrogens (tertiary/aromatic N) is 1. The number of carboxylic acids is 2. The predicted octanol–water partition coefficient (Wildman–Crippen LogP) is 15.8. The number of rotatable bonds is 14. The van der Waals surface area contributed by atoms with Crippen molar-refractivity contribution in [2.45, 2.75) is 9.79 Å². The van der Waals surface area contributed by atoms with Crippen LogP contribution in [0.15, 0.2) is 183 Å². The van der Waals surface area contributed by atoms with Crippen molar-refractivity contribution in [3.8, 4) is 55.4 Å². The van der Waals surface area contributed by atoms with E-state index in [4.69, 9.17) is 61.7 Å². The van der Waals surface area contributed by atoms with E-state index in [1.165, 1.54) is 75.4 Å². The maximum absolute atomic E-state index is 14.8. The molecule has 0 aliphatic rings. The Kier molecular flexibility index (Phi) is 27.2. The average Bonchev–Trinajstić information content (AvgIpc) is 1.78. The molecule has 0 atom stereocenters. The fourth-order valence-electron chi connectivity index (χ4n) is 8.82. The number of nitrogen functional groups attached to an aromatic ring is 2. The Morgan fingerprint density at radius 3 is 1.34 bits per heavy atom. The number of fused-ring (bicyclic) bond motifs is 3. The summed E-state index contributed by atoms with van der Waals surface area (Å²) in [5, 5.41) is 67.8. The minimum Gasteiger partial charge on any atom is -0.504 e. The van der Waals surface area contributed by atoms with Crippen LogP contribution >= 0.6 is 76.6 Å². The van der Waals surface area contributed by atoms with Crippen molar-refractivity contribution in [2.75, 3.05) is 44.6 Å².